The Balaban J connectivity index is 1.63. The molecular formula is C18H21N3O4S2. The van der Waals surface area contributed by atoms with Crippen molar-refractivity contribution in [2.75, 3.05) is 43.9 Å². The molecule has 1 aromatic carbocycles. The van der Waals surface area contributed by atoms with Crippen molar-refractivity contribution in [3.8, 4) is 0 Å². The molecule has 144 valence electrons. The third kappa shape index (κ3) is 4.94. The van der Waals surface area contributed by atoms with E-state index in [1.165, 1.54) is 6.07 Å². The van der Waals surface area contributed by atoms with Gasteiger partial charge in [0.25, 0.3) is 0 Å². The van der Waals surface area contributed by atoms with E-state index in [2.05, 4.69) is 17.1 Å². The van der Waals surface area contributed by atoms with Crippen LogP contribution in [0.2, 0.25) is 0 Å². The number of thiophene rings is 1. The Hall–Kier alpha value is -2.23. The van der Waals surface area contributed by atoms with Gasteiger partial charge in [-0.05, 0) is 5.56 Å². The van der Waals surface area contributed by atoms with E-state index >= 15 is 0 Å². The number of anilines is 1. The van der Waals surface area contributed by atoms with E-state index < -0.39 is 14.8 Å². The molecule has 0 saturated carbocycles. The standard InChI is InChI=1S/C18H21N3O4S2/c1-27(24,25)17-14-16(21(22)23)18(26-17)20-12-10-19(11-13-20)9-5-8-15-6-3-2-4-7-15/h2-8,14H,9-13H2,1H3/b8-5+. The first-order valence-corrected chi connectivity index (χ1v) is 11.2. The van der Waals surface area contributed by atoms with Gasteiger partial charge in [0, 0.05) is 45.0 Å². The molecule has 1 aliphatic heterocycles. The van der Waals surface area contributed by atoms with Crippen LogP contribution in [0.3, 0.4) is 0 Å². The van der Waals surface area contributed by atoms with Gasteiger partial charge in [-0.15, -0.1) is 0 Å². The molecule has 0 radical (unpaired) electrons. The van der Waals surface area contributed by atoms with Crippen molar-refractivity contribution in [3.05, 3.63) is 58.2 Å². The van der Waals surface area contributed by atoms with Gasteiger partial charge in [0.2, 0.25) is 0 Å². The predicted molar refractivity (Wildman–Crippen MR) is 108 cm³/mol. The van der Waals surface area contributed by atoms with Crippen molar-refractivity contribution in [1.82, 2.24) is 4.90 Å². The maximum absolute atomic E-state index is 11.7. The van der Waals surface area contributed by atoms with E-state index in [9.17, 15) is 18.5 Å². The Morgan fingerprint density at radius 1 is 1.19 bits per heavy atom. The second-order valence-electron chi connectivity index (χ2n) is 6.39. The fraction of sp³-hybridized carbons (Fsp3) is 0.333. The van der Waals surface area contributed by atoms with Crippen LogP contribution in [0.25, 0.3) is 6.08 Å². The van der Waals surface area contributed by atoms with Gasteiger partial charge >= 0.3 is 5.69 Å². The Morgan fingerprint density at radius 3 is 2.44 bits per heavy atom. The SMILES string of the molecule is CS(=O)(=O)c1cc([N+](=O)[O-])c(N2CCN(C/C=C/c3ccccc3)CC2)s1. The highest BCUT2D eigenvalue weighted by atomic mass is 32.2. The smallest absolute Gasteiger partial charge is 0.305 e. The van der Waals surface area contributed by atoms with Gasteiger partial charge in [0.1, 0.15) is 4.21 Å². The summed E-state index contributed by atoms with van der Waals surface area (Å²) in [5.74, 6) is 0. The van der Waals surface area contributed by atoms with Gasteiger partial charge in [-0.25, -0.2) is 8.42 Å². The zero-order chi connectivity index (χ0) is 19.4. The average Bonchev–Trinajstić information content (AvgIpc) is 3.09. The summed E-state index contributed by atoms with van der Waals surface area (Å²) in [5, 5.41) is 11.7. The Kier molecular flexibility index (Phi) is 5.93. The molecule has 9 heteroatoms. The normalized spacial score (nSPS) is 16.1. The number of nitro groups is 1. The van der Waals surface area contributed by atoms with Crippen LogP contribution in [0.15, 0.2) is 46.7 Å². The van der Waals surface area contributed by atoms with E-state index in [-0.39, 0.29) is 9.90 Å². The second-order valence-corrected chi connectivity index (χ2v) is 9.66. The number of hydrogen-bond donors (Lipinski definition) is 0. The van der Waals surface area contributed by atoms with Crippen molar-refractivity contribution in [2.45, 2.75) is 4.21 Å². The first-order valence-electron chi connectivity index (χ1n) is 8.52. The summed E-state index contributed by atoms with van der Waals surface area (Å²) in [7, 11) is -3.46. The number of nitrogens with zero attached hydrogens (tertiary/aromatic N) is 3. The Morgan fingerprint density at radius 2 is 1.85 bits per heavy atom. The minimum atomic E-state index is -3.46. The number of rotatable bonds is 6. The van der Waals surface area contributed by atoms with E-state index in [4.69, 9.17) is 0 Å². The molecule has 0 N–H and O–H groups in total. The van der Waals surface area contributed by atoms with Gasteiger partial charge in [0.15, 0.2) is 14.8 Å². The largest absolute Gasteiger partial charge is 0.355 e. The quantitative estimate of drug-likeness (QED) is 0.541. The van der Waals surface area contributed by atoms with Crippen LogP contribution in [0.4, 0.5) is 10.7 Å². The summed E-state index contributed by atoms with van der Waals surface area (Å²) in [6.45, 7) is 3.60. The molecule has 27 heavy (non-hydrogen) atoms. The maximum atomic E-state index is 11.7. The van der Waals surface area contributed by atoms with Crippen LogP contribution in [0.1, 0.15) is 5.56 Å². The molecule has 2 heterocycles. The van der Waals surface area contributed by atoms with Gasteiger partial charge in [-0.3, -0.25) is 15.0 Å². The lowest BCUT2D eigenvalue weighted by molar-refractivity contribution is -0.383. The van der Waals surface area contributed by atoms with E-state index in [0.717, 1.165) is 42.8 Å². The summed E-state index contributed by atoms with van der Waals surface area (Å²) in [6.07, 6.45) is 5.26. The summed E-state index contributed by atoms with van der Waals surface area (Å²) >= 11 is 0.981. The van der Waals surface area contributed by atoms with E-state index in [1.54, 1.807) is 0 Å². The highest BCUT2D eigenvalue weighted by molar-refractivity contribution is 7.92. The zero-order valence-corrected chi connectivity index (χ0v) is 16.6. The van der Waals surface area contributed by atoms with Crippen LogP contribution < -0.4 is 4.90 Å². The molecule has 0 unspecified atom stereocenters. The van der Waals surface area contributed by atoms with E-state index in [1.807, 2.05) is 35.2 Å². The monoisotopic (exact) mass is 407 g/mol. The number of piperazine rings is 1. The highest BCUT2D eigenvalue weighted by Crippen LogP contribution is 2.40. The predicted octanol–water partition coefficient (Wildman–Crippen LogP) is 2.90. The molecule has 1 fully saturated rings. The van der Waals surface area contributed by atoms with Gasteiger partial charge in [0.05, 0.1) is 4.92 Å². The van der Waals surface area contributed by atoms with Crippen molar-refractivity contribution in [1.29, 1.82) is 0 Å². The molecule has 0 bridgehead atoms. The summed E-state index contributed by atoms with van der Waals surface area (Å²) in [6, 6.07) is 11.2. The third-order valence-electron chi connectivity index (χ3n) is 4.37. The van der Waals surface area contributed by atoms with Gasteiger partial charge in [-0.1, -0.05) is 53.8 Å². The average molecular weight is 408 g/mol. The lowest BCUT2D eigenvalue weighted by Gasteiger charge is -2.34. The van der Waals surface area contributed by atoms with Crippen LogP contribution in [0.5, 0.6) is 0 Å². The van der Waals surface area contributed by atoms with E-state index in [0.29, 0.717) is 18.1 Å². The molecule has 0 atom stereocenters. The fourth-order valence-electron chi connectivity index (χ4n) is 2.93. The summed E-state index contributed by atoms with van der Waals surface area (Å²) < 4.78 is 23.5. The topological polar surface area (TPSA) is 83.8 Å². The number of hydrogen-bond acceptors (Lipinski definition) is 7. The molecule has 1 aliphatic rings. The minimum absolute atomic E-state index is 0.0393. The molecule has 7 nitrogen and oxygen atoms in total. The first kappa shape index (κ1) is 19.5. The van der Waals surface area contributed by atoms with Gasteiger partial charge in [-0.2, -0.15) is 0 Å². The van der Waals surface area contributed by atoms with Crippen LogP contribution in [0, 0.1) is 10.1 Å². The lowest BCUT2D eigenvalue weighted by Crippen LogP contribution is -2.46. The van der Waals surface area contributed by atoms with Crippen molar-refractivity contribution in [3.63, 3.8) is 0 Å². The molecule has 0 aliphatic carbocycles. The van der Waals surface area contributed by atoms with Gasteiger partial charge < -0.3 is 4.90 Å². The van der Waals surface area contributed by atoms with Crippen molar-refractivity contribution in [2.24, 2.45) is 0 Å². The zero-order valence-electron chi connectivity index (χ0n) is 14.9. The Bertz CT molecular complexity index is 931. The van der Waals surface area contributed by atoms with Crippen LogP contribution in [-0.4, -0.2) is 57.2 Å². The summed E-state index contributed by atoms with van der Waals surface area (Å²) in [4.78, 5) is 15.0. The molecule has 1 saturated heterocycles. The minimum Gasteiger partial charge on any atom is -0.355 e. The molecule has 1 aromatic heterocycles. The summed E-state index contributed by atoms with van der Waals surface area (Å²) in [5.41, 5.74) is 1.02. The molecular weight excluding hydrogens is 386 g/mol. The third-order valence-corrected chi connectivity index (χ3v) is 7.35. The Labute approximate surface area is 162 Å². The van der Waals surface area contributed by atoms with Crippen molar-refractivity contribution >= 4 is 37.9 Å². The lowest BCUT2D eigenvalue weighted by atomic mass is 10.2. The molecule has 2 aromatic rings. The molecule has 0 spiro atoms. The first-order chi connectivity index (χ1) is 12.8. The molecule has 3 rings (SSSR count). The second kappa shape index (κ2) is 8.20. The maximum Gasteiger partial charge on any atom is 0.305 e. The fourth-order valence-corrected chi connectivity index (χ4v) is 5.00. The number of sulfone groups is 1. The highest BCUT2D eigenvalue weighted by Gasteiger charge is 2.29. The van der Waals surface area contributed by atoms with Crippen LogP contribution >= 0.6 is 11.3 Å². The van der Waals surface area contributed by atoms with Crippen LogP contribution in [-0.2, 0) is 9.84 Å². The van der Waals surface area contributed by atoms with Crippen molar-refractivity contribution < 1.29 is 13.3 Å². The number of benzene rings is 1. The molecule has 0 amide bonds.